The number of aromatic nitrogens is 4. The van der Waals surface area contributed by atoms with Crippen molar-refractivity contribution in [3.63, 3.8) is 0 Å². The van der Waals surface area contributed by atoms with E-state index in [2.05, 4.69) is 10.2 Å². The fraction of sp³-hybridized carbons (Fsp3) is 0.200. The van der Waals surface area contributed by atoms with E-state index < -0.39 is 0 Å². The third-order valence-electron chi connectivity index (χ3n) is 3.39. The van der Waals surface area contributed by atoms with Crippen molar-refractivity contribution in [3.8, 4) is 11.4 Å². The van der Waals surface area contributed by atoms with Crippen molar-refractivity contribution in [2.45, 2.75) is 20.8 Å². The Morgan fingerprint density at radius 2 is 1.50 bits per heavy atom. The molecule has 0 atom stereocenters. The normalized spacial score (nSPS) is 10.9. The quantitative estimate of drug-likeness (QED) is 0.775. The number of H-pyrrole nitrogens is 1. The van der Waals surface area contributed by atoms with Crippen LogP contribution in [0.5, 0.6) is 0 Å². The van der Waals surface area contributed by atoms with Crippen LogP contribution in [0.15, 0.2) is 41.2 Å². The molecular formula is C15H16N4O. The van der Waals surface area contributed by atoms with E-state index in [9.17, 15) is 4.79 Å². The Bertz CT molecular complexity index is 786. The topological polar surface area (TPSA) is 55.6 Å². The number of hydrogen-bond donors (Lipinski definition) is 1. The lowest BCUT2D eigenvalue weighted by Gasteiger charge is -2.11. The van der Waals surface area contributed by atoms with Crippen LogP contribution in [0.2, 0.25) is 0 Å². The van der Waals surface area contributed by atoms with Gasteiger partial charge in [0.25, 0.3) is 0 Å². The number of hydrogen-bond acceptors (Lipinski definition) is 2. The summed E-state index contributed by atoms with van der Waals surface area (Å²) in [5.41, 5.74) is 3.80. The van der Waals surface area contributed by atoms with Gasteiger partial charge in [-0.2, -0.15) is 9.77 Å². The lowest BCUT2D eigenvalue weighted by atomic mass is 10.1. The average molecular weight is 268 g/mol. The lowest BCUT2D eigenvalue weighted by Crippen LogP contribution is -2.26. The summed E-state index contributed by atoms with van der Waals surface area (Å²) in [7, 11) is 0. The highest BCUT2D eigenvalue weighted by molar-refractivity contribution is 5.55. The largest absolute Gasteiger partial charge is 0.363 e. The predicted molar refractivity (Wildman–Crippen MR) is 77.7 cm³/mol. The van der Waals surface area contributed by atoms with Crippen LogP contribution in [0.3, 0.4) is 0 Å². The Hall–Kier alpha value is -2.56. The number of rotatable bonds is 2. The molecule has 0 spiro atoms. The van der Waals surface area contributed by atoms with Gasteiger partial charge in [0, 0.05) is 17.0 Å². The monoisotopic (exact) mass is 268 g/mol. The first-order chi connectivity index (χ1) is 9.58. The van der Waals surface area contributed by atoms with Crippen LogP contribution in [0, 0.1) is 20.8 Å². The second kappa shape index (κ2) is 4.52. The number of benzene rings is 1. The smallest absolute Gasteiger partial charge is 0.252 e. The Kier molecular flexibility index (Phi) is 2.82. The molecule has 0 aliphatic rings. The van der Waals surface area contributed by atoms with Crippen molar-refractivity contribution < 1.29 is 0 Å². The number of aromatic amines is 1. The molecule has 0 saturated carbocycles. The van der Waals surface area contributed by atoms with Gasteiger partial charge in [0.2, 0.25) is 0 Å². The second-order valence-corrected chi connectivity index (χ2v) is 4.96. The zero-order chi connectivity index (χ0) is 14.3. The molecular weight excluding hydrogens is 252 g/mol. The van der Waals surface area contributed by atoms with Crippen LogP contribution in [0.1, 0.15) is 17.0 Å². The Morgan fingerprint density at radius 3 is 2.10 bits per heavy atom. The molecule has 0 aliphatic carbocycles. The van der Waals surface area contributed by atoms with Crippen molar-refractivity contribution in [1.82, 2.24) is 19.5 Å². The van der Waals surface area contributed by atoms with Gasteiger partial charge in [-0.15, -0.1) is 0 Å². The molecule has 2 heterocycles. The first-order valence-corrected chi connectivity index (χ1v) is 6.48. The van der Waals surface area contributed by atoms with Gasteiger partial charge in [0.05, 0.1) is 0 Å². The summed E-state index contributed by atoms with van der Waals surface area (Å²) in [6.07, 6.45) is 0. The summed E-state index contributed by atoms with van der Waals surface area (Å²) in [6, 6.07) is 11.9. The van der Waals surface area contributed by atoms with Crippen molar-refractivity contribution in [2.24, 2.45) is 0 Å². The minimum absolute atomic E-state index is 0.247. The number of nitrogens with zero attached hydrogens (tertiary/aromatic N) is 3. The zero-order valence-corrected chi connectivity index (χ0v) is 11.7. The summed E-state index contributed by atoms with van der Waals surface area (Å²) >= 11 is 0. The van der Waals surface area contributed by atoms with Crippen LogP contribution >= 0.6 is 0 Å². The predicted octanol–water partition coefficient (Wildman–Crippen LogP) is 2.28. The van der Waals surface area contributed by atoms with E-state index in [0.29, 0.717) is 5.82 Å². The van der Waals surface area contributed by atoms with Crippen LogP contribution in [0.25, 0.3) is 11.4 Å². The molecule has 0 saturated heterocycles. The maximum atomic E-state index is 12.1. The molecule has 20 heavy (non-hydrogen) atoms. The van der Waals surface area contributed by atoms with Gasteiger partial charge in [-0.05, 0) is 32.9 Å². The van der Waals surface area contributed by atoms with E-state index in [4.69, 9.17) is 0 Å². The molecule has 0 bridgehead atoms. The first kappa shape index (κ1) is 12.5. The fourth-order valence-electron chi connectivity index (χ4n) is 2.34. The fourth-order valence-corrected chi connectivity index (χ4v) is 2.34. The Morgan fingerprint density at radius 1 is 0.900 bits per heavy atom. The first-order valence-electron chi connectivity index (χ1n) is 6.48. The summed E-state index contributed by atoms with van der Waals surface area (Å²) in [6.45, 7) is 5.96. The summed E-state index contributed by atoms with van der Waals surface area (Å²) < 4.78 is 3.43. The molecule has 3 aromatic rings. The van der Waals surface area contributed by atoms with E-state index in [0.717, 1.165) is 17.0 Å². The molecule has 0 unspecified atom stereocenters. The molecule has 5 heteroatoms. The molecule has 2 aromatic heterocycles. The van der Waals surface area contributed by atoms with Crippen molar-refractivity contribution in [1.29, 1.82) is 0 Å². The zero-order valence-electron chi connectivity index (χ0n) is 11.7. The standard InChI is InChI=1S/C15H16N4O/c1-10-4-8-13(9-5-10)14-16-17-15(20)19(14)18-11(2)6-7-12(18)3/h4-9H,1-3H3,(H,17,20). The van der Waals surface area contributed by atoms with Crippen LogP contribution < -0.4 is 5.69 Å². The highest BCUT2D eigenvalue weighted by Gasteiger charge is 2.14. The number of nitrogens with one attached hydrogen (secondary N) is 1. The minimum atomic E-state index is -0.247. The molecule has 0 aliphatic heterocycles. The van der Waals surface area contributed by atoms with Gasteiger partial charge in [0.1, 0.15) is 0 Å². The van der Waals surface area contributed by atoms with Crippen molar-refractivity contribution >= 4 is 0 Å². The third-order valence-corrected chi connectivity index (χ3v) is 3.39. The molecule has 0 radical (unpaired) electrons. The Labute approximate surface area is 116 Å². The molecule has 1 N–H and O–H groups in total. The molecule has 1 aromatic carbocycles. The van der Waals surface area contributed by atoms with Crippen LogP contribution in [-0.4, -0.2) is 19.5 Å². The summed E-state index contributed by atoms with van der Waals surface area (Å²) in [5.74, 6) is 0.609. The number of aryl methyl sites for hydroxylation is 3. The van der Waals surface area contributed by atoms with Gasteiger partial charge >= 0.3 is 5.69 Å². The van der Waals surface area contributed by atoms with Crippen molar-refractivity contribution in [3.05, 3.63) is 63.8 Å². The molecule has 3 rings (SSSR count). The summed E-state index contributed by atoms with van der Waals surface area (Å²) in [5, 5.41) is 6.69. The minimum Gasteiger partial charge on any atom is -0.252 e. The molecule has 102 valence electrons. The molecule has 0 amide bonds. The second-order valence-electron chi connectivity index (χ2n) is 4.96. The van der Waals surface area contributed by atoms with Gasteiger partial charge in [-0.25, -0.2) is 9.89 Å². The van der Waals surface area contributed by atoms with E-state index in [1.165, 1.54) is 5.56 Å². The Balaban J connectivity index is 2.25. The maximum Gasteiger partial charge on any atom is 0.363 e. The van der Waals surface area contributed by atoms with Crippen LogP contribution in [-0.2, 0) is 0 Å². The van der Waals surface area contributed by atoms with Gasteiger partial charge in [-0.1, -0.05) is 29.8 Å². The van der Waals surface area contributed by atoms with E-state index in [-0.39, 0.29) is 5.69 Å². The summed E-state index contributed by atoms with van der Waals surface area (Å²) in [4.78, 5) is 12.1. The van der Waals surface area contributed by atoms with Crippen LogP contribution in [0.4, 0.5) is 0 Å². The van der Waals surface area contributed by atoms with Gasteiger partial charge in [-0.3, -0.25) is 4.68 Å². The highest BCUT2D eigenvalue weighted by Crippen LogP contribution is 2.18. The van der Waals surface area contributed by atoms with Gasteiger partial charge < -0.3 is 0 Å². The third kappa shape index (κ3) is 1.87. The van der Waals surface area contributed by atoms with Gasteiger partial charge in [0.15, 0.2) is 5.82 Å². The maximum absolute atomic E-state index is 12.1. The van der Waals surface area contributed by atoms with E-state index in [1.807, 2.05) is 61.8 Å². The molecule has 0 fully saturated rings. The van der Waals surface area contributed by atoms with E-state index in [1.54, 1.807) is 4.68 Å². The highest BCUT2D eigenvalue weighted by atomic mass is 16.2. The average Bonchev–Trinajstić information content (AvgIpc) is 2.94. The molecule has 5 nitrogen and oxygen atoms in total. The SMILES string of the molecule is Cc1ccc(-c2n[nH]c(=O)n2-n2c(C)ccc2C)cc1. The van der Waals surface area contributed by atoms with E-state index >= 15 is 0 Å². The van der Waals surface area contributed by atoms with Crippen molar-refractivity contribution in [2.75, 3.05) is 0 Å². The lowest BCUT2D eigenvalue weighted by molar-refractivity contribution is 0.607.